The number of aromatic nitrogens is 5. The molecule has 0 radical (unpaired) electrons. The minimum Gasteiger partial charge on any atom is -0.420 e. The van der Waals surface area contributed by atoms with Crippen LogP contribution in [0.2, 0.25) is 0 Å². The number of hydrogen-bond donors (Lipinski definition) is 1. The lowest BCUT2D eigenvalue weighted by Gasteiger charge is -2.09. The fourth-order valence-corrected chi connectivity index (χ4v) is 6.19. The van der Waals surface area contributed by atoms with Crippen molar-refractivity contribution in [3.63, 3.8) is 0 Å². The first-order valence-electron chi connectivity index (χ1n) is 10.7. The highest BCUT2D eigenvalue weighted by molar-refractivity contribution is 7.98. The monoisotopic (exact) mass is 477 g/mol. The maximum atomic E-state index is 12.7. The fraction of sp³-hybridized carbons (Fsp3) is 0.261. The molecule has 1 aromatic carbocycles. The molecule has 0 aliphatic heterocycles. The van der Waals surface area contributed by atoms with Crippen LogP contribution < -0.4 is 5.56 Å². The normalized spacial score (nSPS) is 13.5. The molecular formula is C23H19N5O3S2. The van der Waals surface area contributed by atoms with Crippen LogP contribution in [0.1, 0.15) is 34.9 Å². The quantitative estimate of drug-likeness (QED) is 0.273. The molecule has 5 aromatic rings. The zero-order chi connectivity index (χ0) is 22.4. The Morgan fingerprint density at radius 2 is 2.00 bits per heavy atom. The third-order valence-electron chi connectivity index (χ3n) is 5.73. The minimum atomic E-state index is -0.0688. The molecule has 0 bridgehead atoms. The zero-order valence-electron chi connectivity index (χ0n) is 17.8. The van der Waals surface area contributed by atoms with Crippen molar-refractivity contribution in [3.8, 4) is 22.7 Å². The number of hydrogen-bond acceptors (Lipinski definition) is 9. The molecule has 10 heteroatoms. The number of benzene rings is 1. The van der Waals surface area contributed by atoms with E-state index in [4.69, 9.17) is 13.9 Å². The highest BCUT2D eigenvalue weighted by Crippen LogP contribution is 2.35. The van der Waals surface area contributed by atoms with Crippen molar-refractivity contribution in [2.45, 2.75) is 43.5 Å². The van der Waals surface area contributed by atoms with Gasteiger partial charge in [-0.1, -0.05) is 47.3 Å². The molecule has 0 saturated heterocycles. The van der Waals surface area contributed by atoms with E-state index in [1.165, 1.54) is 28.6 Å². The maximum absolute atomic E-state index is 12.7. The average Bonchev–Trinajstić information content (AvgIpc) is 3.54. The molecule has 1 aliphatic rings. The summed E-state index contributed by atoms with van der Waals surface area (Å²) in [5.74, 6) is 1.78. The van der Waals surface area contributed by atoms with Gasteiger partial charge in [-0.25, -0.2) is 4.98 Å². The summed E-state index contributed by atoms with van der Waals surface area (Å²) >= 11 is 3.01. The van der Waals surface area contributed by atoms with Crippen LogP contribution in [0.25, 0.3) is 32.9 Å². The van der Waals surface area contributed by atoms with Crippen molar-refractivity contribution in [2.24, 2.45) is 0 Å². The van der Waals surface area contributed by atoms with Gasteiger partial charge >= 0.3 is 0 Å². The Morgan fingerprint density at radius 1 is 1.15 bits per heavy atom. The molecule has 4 aromatic heterocycles. The van der Waals surface area contributed by atoms with Crippen LogP contribution in [0.5, 0.6) is 0 Å². The molecule has 8 nitrogen and oxygen atoms in total. The second-order valence-corrected chi connectivity index (χ2v) is 9.93. The molecule has 6 rings (SSSR count). The second-order valence-electron chi connectivity index (χ2n) is 7.88. The van der Waals surface area contributed by atoms with E-state index in [2.05, 4.69) is 20.3 Å². The summed E-state index contributed by atoms with van der Waals surface area (Å²) in [7, 11) is 0. The molecule has 0 unspecified atom stereocenters. The molecule has 0 fully saturated rings. The number of thiophene rings is 1. The minimum absolute atomic E-state index is 0.0688. The number of thioether (sulfide) groups is 1. The van der Waals surface area contributed by atoms with Crippen LogP contribution in [0, 0.1) is 6.92 Å². The van der Waals surface area contributed by atoms with Gasteiger partial charge in [-0.3, -0.25) is 4.79 Å². The first-order chi connectivity index (χ1) is 16.2. The molecular weight excluding hydrogens is 458 g/mol. The lowest BCUT2D eigenvalue weighted by Crippen LogP contribution is -2.10. The molecule has 0 atom stereocenters. The Kier molecular flexibility index (Phi) is 5.11. The van der Waals surface area contributed by atoms with Crippen LogP contribution in [-0.2, 0) is 18.6 Å². The molecule has 1 N–H and O–H groups in total. The van der Waals surface area contributed by atoms with Crippen LogP contribution in [0.3, 0.4) is 0 Å². The smallest absolute Gasteiger partial charge is 0.260 e. The Balaban J connectivity index is 1.25. The van der Waals surface area contributed by atoms with Gasteiger partial charge < -0.3 is 13.9 Å². The van der Waals surface area contributed by atoms with E-state index >= 15 is 0 Å². The van der Waals surface area contributed by atoms with E-state index in [0.29, 0.717) is 39.7 Å². The average molecular weight is 478 g/mol. The summed E-state index contributed by atoms with van der Waals surface area (Å²) < 4.78 is 11.3. The Bertz CT molecular complexity index is 1520. The van der Waals surface area contributed by atoms with E-state index in [-0.39, 0.29) is 5.56 Å². The van der Waals surface area contributed by atoms with Crippen molar-refractivity contribution >= 4 is 33.3 Å². The van der Waals surface area contributed by atoms with Crippen LogP contribution in [0.15, 0.2) is 49.2 Å². The van der Waals surface area contributed by atoms with E-state index in [1.54, 1.807) is 11.3 Å². The second kappa shape index (κ2) is 8.27. The lowest BCUT2D eigenvalue weighted by atomic mass is 9.97. The third kappa shape index (κ3) is 3.68. The molecule has 0 saturated carbocycles. The van der Waals surface area contributed by atoms with Gasteiger partial charge in [0, 0.05) is 10.4 Å². The van der Waals surface area contributed by atoms with Crippen molar-refractivity contribution in [3.05, 3.63) is 62.8 Å². The third-order valence-corrected chi connectivity index (χ3v) is 7.77. The van der Waals surface area contributed by atoms with Gasteiger partial charge in [-0.2, -0.15) is 0 Å². The van der Waals surface area contributed by atoms with Crippen molar-refractivity contribution < 1.29 is 8.94 Å². The predicted molar refractivity (Wildman–Crippen MR) is 126 cm³/mol. The van der Waals surface area contributed by atoms with Gasteiger partial charge in [-0.15, -0.1) is 21.5 Å². The van der Waals surface area contributed by atoms with Gasteiger partial charge in [0.05, 0.1) is 11.1 Å². The van der Waals surface area contributed by atoms with E-state index in [0.717, 1.165) is 35.0 Å². The van der Waals surface area contributed by atoms with Crippen molar-refractivity contribution in [1.82, 2.24) is 25.3 Å². The number of rotatable bonds is 5. The molecule has 33 heavy (non-hydrogen) atoms. The molecule has 0 spiro atoms. The van der Waals surface area contributed by atoms with Crippen LogP contribution >= 0.6 is 23.1 Å². The Labute approximate surface area is 196 Å². The van der Waals surface area contributed by atoms with Gasteiger partial charge in [0.2, 0.25) is 5.89 Å². The summed E-state index contributed by atoms with van der Waals surface area (Å²) in [6, 6.07) is 9.73. The standard InChI is InChI=1S/C23H19N5O3S2/c1-12-17(19(28-31-12)13-7-3-2-4-8-13)21-27-26-16(30-21)11-32-23-24-20(29)18-14-9-5-6-10-15(14)33-22(18)25-23/h2-4,7-8H,5-6,9-11H2,1H3,(H,24,25,29). The largest absolute Gasteiger partial charge is 0.420 e. The summed E-state index contributed by atoms with van der Waals surface area (Å²) in [4.78, 5) is 22.5. The van der Waals surface area contributed by atoms with Gasteiger partial charge in [0.1, 0.15) is 21.8 Å². The highest BCUT2D eigenvalue weighted by Gasteiger charge is 2.23. The topological polar surface area (TPSA) is 111 Å². The maximum Gasteiger partial charge on any atom is 0.260 e. The van der Waals surface area contributed by atoms with Crippen LogP contribution in [-0.4, -0.2) is 25.3 Å². The summed E-state index contributed by atoms with van der Waals surface area (Å²) in [6.45, 7) is 1.82. The van der Waals surface area contributed by atoms with Crippen LogP contribution in [0.4, 0.5) is 0 Å². The fourth-order valence-electron chi connectivity index (χ4n) is 4.17. The number of H-pyrrole nitrogens is 1. The number of aromatic amines is 1. The number of nitrogens with one attached hydrogen (secondary N) is 1. The molecule has 166 valence electrons. The van der Waals surface area contributed by atoms with E-state index in [1.807, 2.05) is 37.3 Å². The summed E-state index contributed by atoms with van der Waals surface area (Å²) in [6.07, 6.45) is 4.31. The zero-order valence-corrected chi connectivity index (χ0v) is 19.4. The van der Waals surface area contributed by atoms with Gasteiger partial charge in [0.15, 0.2) is 5.16 Å². The lowest BCUT2D eigenvalue weighted by molar-refractivity contribution is 0.399. The summed E-state index contributed by atoms with van der Waals surface area (Å²) in [5.41, 5.74) is 3.37. The first-order valence-corrected chi connectivity index (χ1v) is 12.5. The summed E-state index contributed by atoms with van der Waals surface area (Å²) in [5, 5.41) is 13.9. The molecule has 4 heterocycles. The predicted octanol–water partition coefficient (Wildman–Crippen LogP) is 5.17. The van der Waals surface area contributed by atoms with E-state index < -0.39 is 0 Å². The van der Waals surface area contributed by atoms with Crippen molar-refractivity contribution in [1.29, 1.82) is 0 Å². The number of aryl methyl sites for hydroxylation is 3. The molecule has 0 amide bonds. The number of nitrogens with zero attached hydrogens (tertiary/aromatic N) is 4. The Hall–Kier alpha value is -3.24. The first kappa shape index (κ1) is 20.4. The van der Waals surface area contributed by atoms with E-state index in [9.17, 15) is 4.79 Å². The number of fused-ring (bicyclic) bond motifs is 3. The van der Waals surface area contributed by atoms with Gasteiger partial charge in [0.25, 0.3) is 11.4 Å². The SMILES string of the molecule is Cc1onc(-c2ccccc2)c1-c1nnc(CSc2nc3sc4c(c3c(=O)[nH]2)CCCC4)o1. The van der Waals surface area contributed by atoms with Gasteiger partial charge in [-0.05, 0) is 38.2 Å². The molecule has 1 aliphatic carbocycles. The Morgan fingerprint density at radius 3 is 2.88 bits per heavy atom. The highest BCUT2D eigenvalue weighted by atomic mass is 32.2. The van der Waals surface area contributed by atoms with Crippen molar-refractivity contribution in [2.75, 3.05) is 0 Å².